The second-order valence-corrected chi connectivity index (χ2v) is 3.92. The van der Waals surface area contributed by atoms with Crippen molar-refractivity contribution in [2.75, 3.05) is 12.4 Å². The van der Waals surface area contributed by atoms with Crippen LogP contribution in [0.4, 0.5) is 11.4 Å². The van der Waals surface area contributed by atoms with E-state index >= 15 is 0 Å². The zero-order chi connectivity index (χ0) is 14.5. The summed E-state index contributed by atoms with van der Waals surface area (Å²) in [5, 5.41) is 17.4. The third-order valence-electron chi connectivity index (χ3n) is 2.62. The van der Waals surface area contributed by atoms with E-state index in [2.05, 4.69) is 10.5 Å². The molecule has 0 aliphatic heterocycles. The number of hydrogen-bond donors (Lipinski definition) is 1. The minimum atomic E-state index is -0.519. The van der Waals surface area contributed by atoms with Gasteiger partial charge in [-0.25, -0.2) is 0 Å². The van der Waals surface area contributed by atoms with Crippen molar-refractivity contribution in [2.45, 2.75) is 6.92 Å². The van der Waals surface area contributed by atoms with Crippen LogP contribution in [0.1, 0.15) is 11.5 Å². The average molecular weight is 275 g/mol. The van der Waals surface area contributed by atoms with Gasteiger partial charge in [0.25, 0.3) is 0 Å². The van der Waals surface area contributed by atoms with Crippen LogP contribution >= 0.6 is 0 Å². The lowest BCUT2D eigenvalue weighted by Gasteiger charge is -2.06. The standard InChI is InChI=1S/C13H13N3O4/c1-9-13(16(17)18)12(20-15-9)7-8-14-10-5-3-4-6-11(10)19-2/h3-8,14H,1-2H3. The number of methoxy groups -OCH3 is 1. The lowest BCUT2D eigenvalue weighted by molar-refractivity contribution is -0.386. The first-order valence-corrected chi connectivity index (χ1v) is 5.80. The molecule has 0 saturated heterocycles. The predicted molar refractivity (Wildman–Crippen MR) is 73.5 cm³/mol. The summed E-state index contributed by atoms with van der Waals surface area (Å²) < 4.78 is 10.1. The third kappa shape index (κ3) is 2.77. The van der Waals surface area contributed by atoms with Gasteiger partial charge in [0.1, 0.15) is 5.75 Å². The Morgan fingerprint density at radius 1 is 1.45 bits per heavy atom. The molecule has 0 amide bonds. The first kappa shape index (κ1) is 13.6. The van der Waals surface area contributed by atoms with Gasteiger partial charge in [-0.05, 0) is 19.1 Å². The first-order chi connectivity index (χ1) is 9.63. The van der Waals surface area contributed by atoms with Crippen LogP contribution in [-0.2, 0) is 0 Å². The fourth-order valence-electron chi connectivity index (χ4n) is 1.68. The number of aromatic nitrogens is 1. The lowest BCUT2D eigenvalue weighted by atomic mass is 10.3. The first-order valence-electron chi connectivity index (χ1n) is 5.80. The van der Waals surface area contributed by atoms with Crippen molar-refractivity contribution < 1.29 is 14.2 Å². The summed E-state index contributed by atoms with van der Waals surface area (Å²) in [6.45, 7) is 1.52. The molecule has 0 aliphatic carbocycles. The van der Waals surface area contributed by atoms with E-state index in [0.29, 0.717) is 5.75 Å². The number of ether oxygens (including phenoxy) is 1. The highest BCUT2D eigenvalue weighted by Crippen LogP contribution is 2.25. The second kappa shape index (κ2) is 5.87. The van der Waals surface area contributed by atoms with E-state index in [9.17, 15) is 10.1 Å². The molecule has 1 aromatic carbocycles. The van der Waals surface area contributed by atoms with Crippen LogP contribution in [0.25, 0.3) is 6.08 Å². The van der Waals surface area contributed by atoms with Gasteiger partial charge in [-0.1, -0.05) is 17.3 Å². The van der Waals surface area contributed by atoms with Crippen LogP contribution < -0.4 is 10.1 Å². The maximum Gasteiger partial charge on any atom is 0.338 e. The quantitative estimate of drug-likeness (QED) is 0.666. The van der Waals surface area contributed by atoms with E-state index in [1.165, 1.54) is 19.2 Å². The fourth-order valence-corrected chi connectivity index (χ4v) is 1.68. The summed E-state index contributed by atoms with van der Waals surface area (Å²) >= 11 is 0. The molecule has 0 spiro atoms. The highest BCUT2D eigenvalue weighted by Gasteiger charge is 2.21. The van der Waals surface area contributed by atoms with Gasteiger partial charge in [0.05, 0.1) is 17.7 Å². The number of nitrogens with zero attached hydrogens (tertiary/aromatic N) is 2. The van der Waals surface area contributed by atoms with Gasteiger partial charge in [-0.2, -0.15) is 0 Å². The summed E-state index contributed by atoms with van der Waals surface area (Å²) in [5.74, 6) is 0.760. The molecular weight excluding hydrogens is 262 g/mol. The Morgan fingerprint density at radius 2 is 2.20 bits per heavy atom. The minimum absolute atomic E-state index is 0.0925. The van der Waals surface area contributed by atoms with Crippen molar-refractivity contribution in [1.82, 2.24) is 5.16 Å². The van der Waals surface area contributed by atoms with E-state index in [4.69, 9.17) is 9.26 Å². The van der Waals surface area contributed by atoms with Gasteiger partial charge >= 0.3 is 5.69 Å². The van der Waals surface area contributed by atoms with Gasteiger partial charge in [-0.15, -0.1) is 0 Å². The van der Waals surface area contributed by atoms with Gasteiger partial charge in [0, 0.05) is 12.3 Å². The van der Waals surface area contributed by atoms with Crippen molar-refractivity contribution in [3.05, 3.63) is 52.0 Å². The zero-order valence-electron chi connectivity index (χ0n) is 11.0. The Kier molecular flexibility index (Phi) is 3.99. The molecule has 0 radical (unpaired) electrons. The predicted octanol–water partition coefficient (Wildman–Crippen LogP) is 2.98. The Labute approximate surface area is 115 Å². The molecule has 0 saturated carbocycles. The van der Waals surface area contributed by atoms with E-state index in [0.717, 1.165) is 5.69 Å². The van der Waals surface area contributed by atoms with Crippen LogP contribution in [0, 0.1) is 17.0 Å². The van der Waals surface area contributed by atoms with E-state index < -0.39 is 4.92 Å². The Balaban J connectivity index is 2.17. The smallest absolute Gasteiger partial charge is 0.338 e. The SMILES string of the molecule is COc1ccccc1NC=Cc1onc(C)c1[N+](=O)[O-]. The molecular formula is C13H13N3O4. The van der Waals surface area contributed by atoms with Crippen molar-refractivity contribution in [2.24, 2.45) is 0 Å². The third-order valence-corrected chi connectivity index (χ3v) is 2.62. The molecule has 1 N–H and O–H groups in total. The summed E-state index contributed by atoms with van der Waals surface area (Å²) in [6.07, 6.45) is 2.98. The summed E-state index contributed by atoms with van der Waals surface area (Å²) in [6, 6.07) is 7.32. The van der Waals surface area contributed by atoms with Crippen molar-refractivity contribution in [3.8, 4) is 5.75 Å². The molecule has 20 heavy (non-hydrogen) atoms. The number of nitro groups is 1. The number of nitrogens with one attached hydrogen (secondary N) is 1. The molecule has 2 aromatic rings. The molecule has 7 heteroatoms. The molecule has 0 bridgehead atoms. The molecule has 104 valence electrons. The van der Waals surface area contributed by atoms with Crippen molar-refractivity contribution in [3.63, 3.8) is 0 Å². The van der Waals surface area contributed by atoms with Gasteiger partial charge in [0.15, 0.2) is 5.69 Å². The minimum Gasteiger partial charge on any atom is -0.495 e. The molecule has 7 nitrogen and oxygen atoms in total. The fraction of sp³-hybridized carbons (Fsp3) is 0.154. The number of para-hydroxylation sites is 2. The molecule has 2 rings (SSSR count). The Bertz CT molecular complexity index is 649. The maximum absolute atomic E-state index is 10.9. The van der Waals surface area contributed by atoms with Crippen LogP contribution in [0.5, 0.6) is 5.75 Å². The average Bonchev–Trinajstić information content (AvgIpc) is 2.80. The number of aryl methyl sites for hydroxylation is 1. The zero-order valence-corrected chi connectivity index (χ0v) is 11.0. The molecule has 0 aliphatic rings. The highest BCUT2D eigenvalue weighted by atomic mass is 16.6. The monoisotopic (exact) mass is 275 g/mol. The largest absolute Gasteiger partial charge is 0.495 e. The Hall–Kier alpha value is -2.83. The Morgan fingerprint density at radius 3 is 2.90 bits per heavy atom. The van der Waals surface area contributed by atoms with E-state index in [-0.39, 0.29) is 17.1 Å². The van der Waals surface area contributed by atoms with Crippen LogP contribution in [0.15, 0.2) is 35.0 Å². The van der Waals surface area contributed by atoms with E-state index in [1.54, 1.807) is 13.2 Å². The number of hydrogen-bond acceptors (Lipinski definition) is 6. The molecule has 1 heterocycles. The molecule has 1 aromatic heterocycles. The van der Waals surface area contributed by atoms with E-state index in [1.807, 2.05) is 18.2 Å². The topological polar surface area (TPSA) is 90.4 Å². The molecule has 0 atom stereocenters. The van der Waals surface area contributed by atoms with Gasteiger partial charge < -0.3 is 14.6 Å². The second-order valence-electron chi connectivity index (χ2n) is 3.92. The lowest BCUT2D eigenvalue weighted by Crippen LogP contribution is -1.93. The molecule has 0 fully saturated rings. The van der Waals surface area contributed by atoms with Crippen LogP contribution in [-0.4, -0.2) is 17.2 Å². The number of rotatable bonds is 5. The molecule has 0 unspecified atom stereocenters. The van der Waals surface area contributed by atoms with Crippen molar-refractivity contribution >= 4 is 17.5 Å². The highest BCUT2D eigenvalue weighted by molar-refractivity contribution is 5.63. The van der Waals surface area contributed by atoms with Crippen LogP contribution in [0.3, 0.4) is 0 Å². The summed E-state index contributed by atoms with van der Waals surface area (Å²) in [5.41, 5.74) is 0.847. The summed E-state index contributed by atoms with van der Waals surface area (Å²) in [7, 11) is 1.56. The van der Waals surface area contributed by atoms with Gasteiger partial charge in [-0.3, -0.25) is 10.1 Å². The summed E-state index contributed by atoms with van der Waals surface area (Å²) in [4.78, 5) is 10.3. The normalized spacial score (nSPS) is 10.7. The number of benzene rings is 1. The van der Waals surface area contributed by atoms with Crippen molar-refractivity contribution in [1.29, 1.82) is 0 Å². The number of anilines is 1. The van der Waals surface area contributed by atoms with Crippen LogP contribution in [0.2, 0.25) is 0 Å². The van der Waals surface area contributed by atoms with Gasteiger partial charge in [0.2, 0.25) is 5.76 Å². The maximum atomic E-state index is 10.9.